The van der Waals surface area contributed by atoms with Crippen molar-refractivity contribution in [2.75, 3.05) is 0 Å². The van der Waals surface area contributed by atoms with Crippen LogP contribution in [0, 0.1) is 0 Å². The maximum atomic E-state index is 14.2. The van der Waals surface area contributed by atoms with E-state index in [1.54, 1.807) is 0 Å². The van der Waals surface area contributed by atoms with E-state index in [0.717, 1.165) is 6.92 Å². The van der Waals surface area contributed by atoms with Gasteiger partial charge in [0.05, 0.1) is 0 Å². The van der Waals surface area contributed by atoms with Crippen LogP contribution in [0.2, 0.25) is 0 Å². The van der Waals surface area contributed by atoms with Crippen molar-refractivity contribution in [3.05, 3.63) is 12.2 Å². The highest BCUT2D eigenvalue weighted by atomic mass is 19.3. The third-order valence-corrected chi connectivity index (χ3v) is 3.90. The molecule has 0 aliphatic heterocycles. The Labute approximate surface area is 121 Å². The van der Waals surface area contributed by atoms with Crippen molar-refractivity contribution >= 4 is 5.97 Å². The summed E-state index contributed by atoms with van der Waals surface area (Å²) in [5.74, 6) is -28.1. The zero-order valence-electron chi connectivity index (χ0n) is 10.9. The molecule has 2 fully saturated rings. The maximum Gasteiger partial charge on any atom is 0.359 e. The Hall–Kier alpha value is -1.49. The number of hydrogen-bond donors (Lipinski definition) is 0. The molecule has 12 heteroatoms. The Morgan fingerprint density at radius 1 is 0.870 bits per heavy atom. The number of esters is 1. The number of carbonyl (C=O) groups excluding carboxylic acids is 1. The van der Waals surface area contributed by atoms with Crippen LogP contribution in [0.25, 0.3) is 0 Å². The molecule has 0 spiro atoms. The van der Waals surface area contributed by atoms with Crippen molar-refractivity contribution in [3.8, 4) is 0 Å². The van der Waals surface area contributed by atoms with Gasteiger partial charge in [-0.25, -0.2) is 13.6 Å². The molecule has 0 aromatic heterocycles. The lowest BCUT2D eigenvalue weighted by molar-refractivity contribution is -0.361. The second kappa shape index (κ2) is 3.94. The van der Waals surface area contributed by atoms with Crippen LogP contribution in [0.15, 0.2) is 12.2 Å². The number of fused-ring (bicyclic) bond motifs is 2. The molecule has 0 aromatic carbocycles. The summed E-state index contributed by atoms with van der Waals surface area (Å²) in [4.78, 5) is 11.1. The fraction of sp³-hybridized carbons (Fsp3) is 0.727. The summed E-state index contributed by atoms with van der Waals surface area (Å²) in [6, 6.07) is 0. The summed E-state index contributed by atoms with van der Waals surface area (Å²) in [6.07, 6.45) is -4.48. The van der Waals surface area contributed by atoms with Gasteiger partial charge in [-0.15, -0.1) is 0 Å². The monoisotopic (exact) mass is 360 g/mol. The van der Waals surface area contributed by atoms with E-state index in [1.807, 2.05) is 0 Å². The van der Waals surface area contributed by atoms with Gasteiger partial charge >= 0.3 is 35.3 Å². The number of ether oxygens (including phenoxy) is 1. The van der Waals surface area contributed by atoms with Crippen LogP contribution in [0.5, 0.6) is 0 Å². The molecule has 132 valence electrons. The summed E-state index contributed by atoms with van der Waals surface area (Å²) >= 11 is 0. The van der Waals surface area contributed by atoms with Gasteiger partial charge in [0.25, 0.3) is 5.67 Å². The van der Waals surface area contributed by atoms with Crippen LogP contribution >= 0.6 is 0 Å². The smallest absolute Gasteiger partial charge is 0.359 e. The van der Waals surface area contributed by atoms with Gasteiger partial charge in [-0.3, -0.25) is 0 Å². The van der Waals surface area contributed by atoms with E-state index in [9.17, 15) is 48.7 Å². The van der Waals surface area contributed by atoms with Crippen LogP contribution in [-0.2, 0) is 9.53 Å². The summed E-state index contributed by atoms with van der Waals surface area (Å²) in [7, 11) is 0. The van der Waals surface area contributed by atoms with E-state index in [1.165, 1.54) is 0 Å². The van der Waals surface area contributed by atoms with Gasteiger partial charge in [-0.1, -0.05) is 6.58 Å². The van der Waals surface area contributed by atoms with Crippen LogP contribution in [-0.4, -0.2) is 47.1 Å². The number of hydrogen-bond acceptors (Lipinski definition) is 2. The van der Waals surface area contributed by atoms with Crippen LogP contribution in [0.4, 0.5) is 43.9 Å². The molecule has 0 amide bonds. The van der Waals surface area contributed by atoms with Crippen molar-refractivity contribution < 1.29 is 53.4 Å². The number of halogens is 10. The lowest BCUT2D eigenvalue weighted by atomic mass is 9.84. The highest BCUT2D eigenvalue weighted by molar-refractivity contribution is 5.87. The minimum Gasteiger partial charge on any atom is -0.448 e. The second-order valence-electron chi connectivity index (χ2n) is 5.28. The van der Waals surface area contributed by atoms with E-state index in [4.69, 9.17) is 0 Å². The molecule has 0 heterocycles. The Balaban J connectivity index is 2.76. The first-order valence-corrected chi connectivity index (χ1v) is 5.71. The highest BCUT2D eigenvalue weighted by Crippen LogP contribution is 2.79. The van der Waals surface area contributed by atoms with Crippen molar-refractivity contribution in [1.82, 2.24) is 0 Å². The van der Waals surface area contributed by atoms with E-state index in [0.29, 0.717) is 0 Å². The average Bonchev–Trinajstić information content (AvgIpc) is 2.51. The van der Waals surface area contributed by atoms with Crippen LogP contribution in [0.3, 0.4) is 0 Å². The molecule has 2 rings (SSSR count). The predicted molar refractivity (Wildman–Crippen MR) is 52.2 cm³/mol. The largest absolute Gasteiger partial charge is 0.448 e. The SMILES string of the molecule is C=C(C)C(=O)OC1C(F)(F)C2(F)C(F)(F)C(F)(F)C1(F)C2(F)F. The molecule has 2 bridgehead atoms. The van der Waals surface area contributed by atoms with E-state index in [2.05, 4.69) is 11.3 Å². The fourth-order valence-electron chi connectivity index (χ4n) is 2.63. The minimum absolute atomic E-state index is 0.745. The van der Waals surface area contributed by atoms with E-state index in [-0.39, 0.29) is 0 Å². The number of rotatable bonds is 2. The zero-order chi connectivity index (χ0) is 18.4. The fourth-order valence-corrected chi connectivity index (χ4v) is 2.63. The van der Waals surface area contributed by atoms with Crippen molar-refractivity contribution in [1.29, 1.82) is 0 Å². The van der Waals surface area contributed by atoms with Crippen LogP contribution < -0.4 is 0 Å². The lowest BCUT2D eigenvalue weighted by Crippen LogP contribution is -2.72. The quantitative estimate of drug-likeness (QED) is 0.428. The molecule has 0 radical (unpaired) electrons. The van der Waals surface area contributed by atoms with Gasteiger partial charge in [0.1, 0.15) is 0 Å². The normalized spacial score (nSPS) is 41.6. The molecular weight excluding hydrogens is 354 g/mol. The van der Waals surface area contributed by atoms with Gasteiger partial charge in [0.2, 0.25) is 6.10 Å². The third-order valence-electron chi connectivity index (χ3n) is 3.90. The highest BCUT2D eigenvalue weighted by Gasteiger charge is 3.13. The van der Waals surface area contributed by atoms with Gasteiger partial charge < -0.3 is 4.74 Å². The third kappa shape index (κ3) is 1.34. The molecular formula is C11H6F10O2. The van der Waals surface area contributed by atoms with Crippen LogP contribution in [0.1, 0.15) is 6.92 Å². The van der Waals surface area contributed by atoms with E-state index < -0.39 is 52.7 Å². The molecule has 2 saturated carbocycles. The first kappa shape index (κ1) is 17.9. The lowest BCUT2D eigenvalue weighted by Gasteiger charge is -2.41. The van der Waals surface area contributed by atoms with Gasteiger partial charge in [0, 0.05) is 5.57 Å². The van der Waals surface area contributed by atoms with Crippen molar-refractivity contribution in [2.45, 2.75) is 48.1 Å². The molecule has 23 heavy (non-hydrogen) atoms. The van der Waals surface area contributed by atoms with E-state index >= 15 is 0 Å². The Morgan fingerprint density at radius 3 is 1.65 bits per heavy atom. The standard InChI is InChI=1S/C11H6F10O2/c1-3(2)4(22)23-5-6(12)9(16,17)8(15,7(5,13)14)11(20,21)10(6,18)19/h5H,1H2,2H3. The second-order valence-corrected chi connectivity index (χ2v) is 5.28. The Kier molecular flexibility index (Phi) is 3.06. The summed E-state index contributed by atoms with van der Waals surface area (Å²) < 4.78 is 139. The Bertz CT molecular complexity index is 600. The zero-order valence-corrected chi connectivity index (χ0v) is 10.9. The summed E-state index contributed by atoms with van der Waals surface area (Å²) in [5.41, 5.74) is -13.6. The first-order chi connectivity index (χ1) is 9.96. The molecule has 3 unspecified atom stereocenters. The average molecular weight is 360 g/mol. The van der Waals surface area contributed by atoms with Crippen molar-refractivity contribution in [2.24, 2.45) is 0 Å². The summed E-state index contributed by atoms with van der Waals surface area (Å²) in [6.45, 7) is 3.53. The number of alkyl halides is 10. The Morgan fingerprint density at radius 2 is 1.30 bits per heavy atom. The molecule has 0 saturated heterocycles. The first-order valence-electron chi connectivity index (χ1n) is 5.71. The summed E-state index contributed by atoms with van der Waals surface area (Å²) in [5, 5.41) is 0. The molecule has 2 nitrogen and oxygen atoms in total. The van der Waals surface area contributed by atoms with Gasteiger partial charge in [-0.2, -0.15) is 35.1 Å². The predicted octanol–water partition coefficient (Wildman–Crippen LogP) is 3.46. The number of carbonyl (C=O) groups is 1. The topological polar surface area (TPSA) is 26.3 Å². The molecule has 0 aromatic rings. The molecule has 3 atom stereocenters. The maximum absolute atomic E-state index is 14.2. The van der Waals surface area contributed by atoms with Crippen molar-refractivity contribution in [3.63, 3.8) is 0 Å². The molecule has 2 aliphatic rings. The van der Waals surface area contributed by atoms with Gasteiger partial charge in [0.15, 0.2) is 0 Å². The molecule has 0 N–H and O–H groups in total. The molecule has 2 aliphatic carbocycles. The van der Waals surface area contributed by atoms with Gasteiger partial charge in [-0.05, 0) is 6.92 Å². The minimum atomic E-state index is -6.76.